The first kappa shape index (κ1) is 16.7. The van der Waals surface area contributed by atoms with Crippen LogP contribution < -0.4 is 10.6 Å². The Hall–Kier alpha value is -3.14. The van der Waals surface area contributed by atoms with E-state index in [0.29, 0.717) is 12.5 Å². The molecule has 0 atom stereocenters. The molecule has 0 radical (unpaired) electrons. The molecule has 1 aromatic heterocycles. The van der Waals surface area contributed by atoms with Crippen molar-refractivity contribution in [2.45, 2.75) is 13.5 Å². The van der Waals surface area contributed by atoms with E-state index in [2.05, 4.69) is 52.3 Å². The van der Waals surface area contributed by atoms with Crippen molar-refractivity contribution in [2.24, 2.45) is 0 Å². The first-order valence-corrected chi connectivity index (χ1v) is 8.34. The minimum atomic E-state index is 0.591. The molecule has 4 heteroatoms. The second-order valence-electron chi connectivity index (χ2n) is 5.78. The number of hydrogen-bond acceptors (Lipinski definition) is 4. The Labute approximate surface area is 148 Å². The molecule has 1 heterocycles. The number of benzene rings is 2. The van der Waals surface area contributed by atoms with Gasteiger partial charge in [-0.3, -0.25) is 0 Å². The lowest BCUT2D eigenvalue weighted by molar-refractivity contribution is 1.06. The van der Waals surface area contributed by atoms with Crippen molar-refractivity contribution in [3.8, 4) is 11.3 Å². The van der Waals surface area contributed by atoms with Gasteiger partial charge in [0.05, 0.1) is 5.69 Å². The van der Waals surface area contributed by atoms with Gasteiger partial charge in [0.2, 0.25) is 5.95 Å². The van der Waals surface area contributed by atoms with Gasteiger partial charge in [-0.15, -0.1) is 6.58 Å². The van der Waals surface area contributed by atoms with Crippen LogP contribution in [0.25, 0.3) is 11.3 Å². The standard InChI is InChI=1S/C21H22N4/c1-3-13-22-21-24-19(17-10-5-4-6-11-17)14-20(25-21)23-15-18-12-8-7-9-16(18)2/h3-12,14H,1,13,15H2,2H3,(H2,22,23,24,25). The number of aromatic nitrogens is 2. The Kier molecular flexibility index (Phi) is 5.42. The summed E-state index contributed by atoms with van der Waals surface area (Å²) in [5.74, 6) is 1.39. The lowest BCUT2D eigenvalue weighted by Crippen LogP contribution is -2.08. The third-order valence-corrected chi connectivity index (χ3v) is 3.92. The third kappa shape index (κ3) is 4.44. The van der Waals surface area contributed by atoms with E-state index >= 15 is 0 Å². The topological polar surface area (TPSA) is 49.8 Å². The predicted molar refractivity (Wildman–Crippen MR) is 105 cm³/mol. The summed E-state index contributed by atoms with van der Waals surface area (Å²) in [4.78, 5) is 9.16. The van der Waals surface area contributed by atoms with Crippen LogP contribution in [0.2, 0.25) is 0 Å². The van der Waals surface area contributed by atoms with Crippen molar-refractivity contribution >= 4 is 11.8 Å². The highest BCUT2D eigenvalue weighted by Gasteiger charge is 2.07. The fraction of sp³-hybridized carbons (Fsp3) is 0.143. The number of nitrogens with zero attached hydrogens (tertiary/aromatic N) is 2. The first-order chi connectivity index (χ1) is 12.3. The molecule has 0 spiro atoms. The second kappa shape index (κ2) is 8.11. The van der Waals surface area contributed by atoms with Gasteiger partial charge < -0.3 is 10.6 Å². The van der Waals surface area contributed by atoms with E-state index < -0.39 is 0 Å². The molecule has 4 nitrogen and oxygen atoms in total. The van der Waals surface area contributed by atoms with Gasteiger partial charge in [0, 0.05) is 24.7 Å². The van der Waals surface area contributed by atoms with E-state index in [1.807, 2.05) is 42.5 Å². The van der Waals surface area contributed by atoms with E-state index in [1.165, 1.54) is 11.1 Å². The van der Waals surface area contributed by atoms with Crippen LogP contribution in [-0.4, -0.2) is 16.5 Å². The largest absolute Gasteiger partial charge is 0.366 e. The van der Waals surface area contributed by atoms with Gasteiger partial charge in [0.15, 0.2) is 0 Å². The van der Waals surface area contributed by atoms with Crippen LogP contribution in [0.5, 0.6) is 0 Å². The molecule has 0 fully saturated rings. The maximum absolute atomic E-state index is 4.60. The van der Waals surface area contributed by atoms with E-state index in [1.54, 1.807) is 6.08 Å². The quantitative estimate of drug-likeness (QED) is 0.619. The van der Waals surface area contributed by atoms with Crippen molar-refractivity contribution in [1.82, 2.24) is 9.97 Å². The zero-order valence-corrected chi connectivity index (χ0v) is 14.4. The Balaban J connectivity index is 1.86. The van der Waals surface area contributed by atoms with E-state index in [4.69, 9.17) is 0 Å². The Morgan fingerprint density at radius 1 is 0.960 bits per heavy atom. The monoisotopic (exact) mass is 330 g/mol. The lowest BCUT2D eigenvalue weighted by atomic mass is 10.1. The molecule has 3 rings (SSSR count). The molecule has 0 saturated heterocycles. The predicted octanol–water partition coefficient (Wildman–Crippen LogP) is 4.66. The van der Waals surface area contributed by atoms with Crippen LogP contribution in [0.4, 0.5) is 11.8 Å². The number of hydrogen-bond donors (Lipinski definition) is 2. The second-order valence-corrected chi connectivity index (χ2v) is 5.78. The van der Waals surface area contributed by atoms with Crippen molar-refractivity contribution in [1.29, 1.82) is 0 Å². The van der Waals surface area contributed by atoms with Crippen LogP contribution in [0.15, 0.2) is 73.3 Å². The SMILES string of the molecule is C=CCNc1nc(NCc2ccccc2C)cc(-c2ccccc2)n1. The summed E-state index contributed by atoms with van der Waals surface area (Å²) in [6, 6.07) is 20.4. The number of aryl methyl sites for hydroxylation is 1. The van der Waals surface area contributed by atoms with Crippen LogP contribution in [0.3, 0.4) is 0 Å². The van der Waals surface area contributed by atoms with Gasteiger partial charge >= 0.3 is 0 Å². The highest BCUT2D eigenvalue weighted by atomic mass is 15.1. The Bertz CT molecular complexity index is 844. The molecule has 0 unspecified atom stereocenters. The molecule has 2 aromatic carbocycles. The van der Waals surface area contributed by atoms with Gasteiger partial charge in [0.25, 0.3) is 0 Å². The zero-order chi connectivity index (χ0) is 17.5. The van der Waals surface area contributed by atoms with Crippen LogP contribution in [-0.2, 0) is 6.54 Å². The minimum Gasteiger partial charge on any atom is -0.366 e. The molecule has 0 aliphatic carbocycles. The average molecular weight is 330 g/mol. The van der Waals surface area contributed by atoms with E-state index in [-0.39, 0.29) is 0 Å². The normalized spacial score (nSPS) is 10.3. The molecule has 126 valence electrons. The minimum absolute atomic E-state index is 0.591. The molecule has 2 N–H and O–H groups in total. The van der Waals surface area contributed by atoms with Crippen LogP contribution in [0.1, 0.15) is 11.1 Å². The van der Waals surface area contributed by atoms with E-state index in [0.717, 1.165) is 23.6 Å². The van der Waals surface area contributed by atoms with Crippen molar-refractivity contribution in [3.63, 3.8) is 0 Å². The van der Waals surface area contributed by atoms with Gasteiger partial charge in [-0.1, -0.05) is 60.7 Å². The summed E-state index contributed by atoms with van der Waals surface area (Å²) >= 11 is 0. The molecular weight excluding hydrogens is 308 g/mol. The summed E-state index contributed by atoms with van der Waals surface area (Å²) in [6.07, 6.45) is 1.79. The van der Waals surface area contributed by atoms with Gasteiger partial charge in [-0.2, -0.15) is 4.98 Å². The zero-order valence-electron chi connectivity index (χ0n) is 14.4. The summed E-state index contributed by atoms with van der Waals surface area (Å²) in [7, 11) is 0. The lowest BCUT2D eigenvalue weighted by Gasteiger charge is -2.12. The summed E-state index contributed by atoms with van der Waals surface area (Å²) < 4.78 is 0. The maximum Gasteiger partial charge on any atom is 0.225 e. The van der Waals surface area contributed by atoms with Gasteiger partial charge in [-0.25, -0.2) is 4.98 Å². The van der Waals surface area contributed by atoms with Gasteiger partial charge in [-0.05, 0) is 18.1 Å². The van der Waals surface area contributed by atoms with Crippen molar-refractivity contribution in [3.05, 3.63) is 84.4 Å². The Morgan fingerprint density at radius 3 is 2.48 bits per heavy atom. The first-order valence-electron chi connectivity index (χ1n) is 8.34. The molecule has 3 aromatic rings. The van der Waals surface area contributed by atoms with Crippen LogP contribution in [0, 0.1) is 6.92 Å². The number of rotatable bonds is 7. The number of nitrogens with one attached hydrogen (secondary N) is 2. The van der Waals surface area contributed by atoms with Crippen molar-refractivity contribution < 1.29 is 0 Å². The highest BCUT2D eigenvalue weighted by molar-refractivity contribution is 5.64. The Morgan fingerprint density at radius 2 is 1.72 bits per heavy atom. The van der Waals surface area contributed by atoms with E-state index in [9.17, 15) is 0 Å². The molecule has 25 heavy (non-hydrogen) atoms. The fourth-order valence-corrected chi connectivity index (χ4v) is 2.53. The molecule has 0 aliphatic heterocycles. The smallest absolute Gasteiger partial charge is 0.225 e. The molecule has 0 amide bonds. The van der Waals surface area contributed by atoms with Crippen molar-refractivity contribution in [2.75, 3.05) is 17.2 Å². The summed E-state index contributed by atoms with van der Waals surface area (Å²) in [6.45, 7) is 7.19. The van der Waals surface area contributed by atoms with Crippen LogP contribution >= 0.6 is 0 Å². The average Bonchev–Trinajstić information content (AvgIpc) is 2.66. The molecular formula is C21H22N4. The summed E-state index contributed by atoms with van der Waals surface area (Å²) in [5, 5.41) is 6.59. The molecule has 0 bridgehead atoms. The molecule has 0 aliphatic rings. The molecule has 0 saturated carbocycles. The van der Waals surface area contributed by atoms with Gasteiger partial charge in [0.1, 0.15) is 5.82 Å². The summed E-state index contributed by atoms with van der Waals surface area (Å²) in [5.41, 5.74) is 4.46. The fourth-order valence-electron chi connectivity index (χ4n) is 2.53. The third-order valence-electron chi connectivity index (χ3n) is 3.92. The maximum atomic E-state index is 4.60. The highest BCUT2D eigenvalue weighted by Crippen LogP contribution is 2.22. The number of anilines is 2.